The van der Waals surface area contributed by atoms with Gasteiger partial charge in [0.2, 0.25) is 0 Å². The van der Waals surface area contributed by atoms with Gasteiger partial charge in [-0.3, -0.25) is 0 Å². The van der Waals surface area contributed by atoms with E-state index in [4.69, 9.17) is 5.11 Å². The van der Waals surface area contributed by atoms with Gasteiger partial charge in [0.05, 0.1) is 19.2 Å². The Morgan fingerprint density at radius 3 is 2.91 bits per heavy atom. The highest BCUT2D eigenvalue weighted by Crippen LogP contribution is 2.06. The molecule has 1 heterocycles. The molecule has 4 nitrogen and oxygen atoms in total. The predicted octanol–water partition coefficient (Wildman–Crippen LogP) is -0.442. The number of hydrogen-bond acceptors (Lipinski definition) is 2. The van der Waals surface area contributed by atoms with Crippen molar-refractivity contribution >= 4 is 6.03 Å². The highest BCUT2D eigenvalue weighted by atomic mass is 16.3. The minimum atomic E-state index is -0.329. The second kappa shape index (κ2) is 3.39. The Hall–Kier alpha value is -1.03. The quantitative estimate of drug-likeness (QED) is 0.532. The number of nitrogens with zero attached hydrogens (tertiary/aromatic N) is 1. The van der Waals surface area contributed by atoms with Gasteiger partial charge in [0.1, 0.15) is 0 Å². The van der Waals surface area contributed by atoms with Crippen molar-refractivity contribution in [3.63, 3.8) is 0 Å². The number of hydrogen-bond donors (Lipinski definition) is 2. The number of amides is 2. The molecule has 1 aliphatic rings. The van der Waals surface area contributed by atoms with Gasteiger partial charge in [-0.1, -0.05) is 6.08 Å². The van der Waals surface area contributed by atoms with Crippen LogP contribution in [-0.2, 0) is 0 Å². The molecule has 1 fully saturated rings. The zero-order valence-electron chi connectivity index (χ0n) is 6.29. The molecule has 1 saturated heterocycles. The molecular formula is C7H12N2O2. The Morgan fingerprint density at radius 1 is 1.82 bits per heavy atom. The topological polar surface area (TPSA) is 52.6 Å². The predicted molar refractivity (Wildman–Crippen MR) is 41.2 cm³/mol. The van der Waals surface area contributed by atoms with Gasteiger partial charge in [-0.15, -0.1) is 6.58 Å². The van der Waals surface area contributed by atoms with Crippen LogP contribution >= 0.6 is 0 Å². The molecular weight excluding hydrogens is 144 g/mol. The van der Waals surface area contributed by atoms with Crippen LogP contribution < -0.4 is 5.32 Å². The third kappa shape index (κ3) is 1.94. The first-order valence-corrected chi connectivity index (χ1v) is 3.55. The molecule has 4 heteroatoms. The van der Waals surface area contributed by atoms with Crippen LogP contribution in [0.15, 0.2) is 12.7 Å². The largest absolute Gasteiger partial charge is 0.389 e. The zero-order chi connectivity index (χ0) is 8.27. The van der Waals surface area contributed by atoms with E-state index in [-0.39, 0.29) is 12.1 Å². The maximum Gasteiger partial charge on any atom is 0.317 e. The molecule has 11 heavy (non-hydrogen) atoms. The van der Waals surface area contributed by atoms with Crippen LogP contribution in [0.4, 0.5) is 4.79 Å². The van der Waals surface area contributed by atoms with E-state index in [1.54, 1.807) is 11.0 Å². The molecule has 0 aromatic rings. The van der Waals surface area contributed by atoms with E-state index < -0.39 is 0 Å². The average Bonchev–Trinajstić information content (AvgIpc) is 1.94. The summed E-state index contributed by atoms with van der Waals surface area (Å²) in [5.74, 6) is 0. The highest BCUT2D eigenvalue weighted by Gasteiger charge is 2.27. The van der Waals surface area contributed by atoms with Crippen molar-refractivity contribution in [2.24, 2.45) is 0 Å². The van der Waals surface area contributed by atoms with Crippen molar-refractivity contribution in [1.82, 2.24) is 10.2 Å². The Balaban J connectivity index is 2.16. The summed E-state index contributed by atoms with van der Waals surface area (Å²) < 4.78 is 0. The van der Waals surface area contributed by atoms with Gasteiger partial charge in [0, 0.05) is 6.54 Å². The zero-order valence-corrected chi connectivity index (χ0v) is 6.29. The Morgan fingerprint density at radius 2 is 2.45 bits per heavy atom. The molecule has 0 saturated carbocycles. The lowest BCUT2D eigenvalue weighted by atomic mass is 10.2. The molecule has 0 aromatic carbocycles. The standard InChI is InChI=1S/C7H12N2O2/c1-2-3-8-7(11)9-4-6(10)5-9/h2,6,10H,1,3-5H2,(H,8,11). The van der Waals surface area contributed by atoms with Gasteiger partial charge in [0.15, 0.2) is 0 Å². The van der Waals surface area contributed by atoms with Crippen LogP contribution in [0.5, 0.6) is 0 Å². The number of rotatable bonds is 2. The second-order valence-electron chi connectivity index (χ2n) is 2.53. The minimum absolute atomic E-state index is 0.129. The number of likely N-dealkylation sites (tertiary alicyclic amines) is 1. The molecule has 0 aliphatic carbocycles. The number of β-amino-alcohol motifs (C(OH)–C–C–N with tert-alkyl or cyclic N) is 1. The van der Waals surface area contributed by atoms with Crippen LogP contribution in [0.25, 0.3) is 0 Å². The van der Waals surface area contributed by atoms with Crippen molar-refractivity contribution in [1.29, 1.82) is 0 Å². The number of aliphatic hydroxyl groups is 1. The van der Waals surface area contributed by atoms with Gasteiger partial charge in [-0.2, -0.15) is 0 Å². The summed E-state index contributed by atoms with van der Waals surface area (Å²) >= 11 is 0. The summed E-state index contributed by atoms with van der Waals surface area (Å²) in [6, 6.07) is -0.129. The molecule has 0 bridgehead atoms. The molecule has 0 atom stereocenters. The monoisotopic (exact) mass is 156 g/mol. The van der Waals surface area contributed by atoms with E-state index in [9.17, 15) is 4.79 Å². The molecule has 1 aliphatic heterocycles. The second-order valence-corrected chi connectivity index (χ2v) is 2.53. The van der Waals surface area contributed by atoms with Gasteiger partial charge in [0.25, 0.3) is 0 Å². The molecule has 0 spiro atoms. The molecule has 62 valence electrons. The fourth-order valence-corrected chi connectivity index (χ4v) is 0.892. The molecule has 2 N–H and O–H groups in total. The Labute approximate surface area is 65.5 Å². The van der Waals surface area contributed by atoms with E-state index in [2.05, 4.69) is 11.9 Å². The summed E-state index contributed by atoms with van der Waals surface area (Å²) in [6.45, 7) is 4.84. The van der Waals surface area contributed by atoms with Crippen LogP contribution in [0, 0.1) is 0 Å². The third-order valence-electron chi connectivity index (χ3n) is 1.55. The summed E-state index contributed by atoms with van der Waals surface area (Å²) in [5, 5.41) is 11.5. The molecule has 0 unspecified atom stereocenters. The molecule has 0 radical (unpaired) electrons. The molecule has 1 rings (SSSR count). The maximum absolute atomic E-state index is 11.0. The average molecular weight is 156 g/mol. The van der Waals surface area contributed by atoms with Crippen LogP contribution in [0.2, 0.25) is 0 Å². The lowest BCUT2D eigenvalue weighted by Crippen LogP contribution is -2.56. The number of carbonyl (C=O) groups excluding carboxylic acids is 1. The van der Waals surface area contributed by atoms with E-state index in [0.717, 1.165) is 0 Å². The number of aliphatic hydroxyl groups excluding tert-OH is 1. The number of carbonyl (C=O) groups is 1. The lowest BCUT2D eigenvalue weighted by molar-refractivity contribution is 0.0269. The van der Waals surface area contributed by atoms with Crippen molar-refractivity contribution in [2.45, 2.75) is 6.10 Å². The van der Waals surface area contributed by atoms with Gasteiger partial charge in [-0.05, 0) is 0 Å². The summed E-state index contributed by atoms with van der Waals surface area (Å²) in [5.41, 5.74) is 0. The fraction of sp³-hybridized carbons (Fsp3) is 0.571. The van der Waals surface area contributed by atoms with Crippen LogP contribution in [-0.4, -0.2) is 41.8 Å². The Bertz CT molecular complexity index is 164. The normalized spacial score (nSPS) is 17.4. The van der Waals surface area contributed by atoms with Crippen molar-refractivity contribution in [3.05, 3.63) is 12.7 Å². The molecule has 0 aromatic heterocycles. The maximum atomic E-state index is 11.0. The van der Waals surface area contributed by atoms with E-state index in [1.807, 2.05) is 0 Å². The van der Waals surface area contributed by atoms with Crippen LogP contribution in [0.3, 0.4) is 0 Å². The van der Waals surface area contributed by atoms with Crippen molar-refractivity contribution in [2.75, 3.05) is 19.6 Å². The lowest BCUT2D eigenvalue weighted by Gasteiger charge is -2.35. The van der Waals surface area contributed by atoms with Crippen molar-refractivity contribution in [3.8, 4) is 0 Å². The summed E-state index contributed by atoms with van der Waals surface area (Å²) in [4.78, 5) is 12.5. The SMILES string of the molecule is C=CCNC(=O)N1CC(O)C1. The van der Waals surface area contributed by atoms with Crippen LogP contribution in [0.1, 0.15) is 0 Å². The first-order chi connectivity index (χ1) is 5.24. The van der Waals surface area contributed by atoms with E-state index >= 15 is 0 Å². The summed E-state index contributed by atoms with van der Waals surface area (Å²) in [7, 11) is 0. The van der Waals surface area contributed by atoms with Gasteiger partial charge < -0.3 is 15.3 Å². The highest BCUT2D eigenvalue weighted by molar-refractivity contribution is 5.75. The fourth-order valence-electron chi connectivity index (χ4n) is 0.892. The van der Waals surface area contributed by atoms with Crippen molar-refractivity contribution < 1.29 is 9.90 Å². The van der Waals surface area contributed by atoms with Gasteiger partial charge >= 0.3 is 6.03 Å². The first kappa shape index (κ1) is 8.07. The smallest absolute Gasteiger partial charge is 0.317 e. The first-order valence-electron chi connectivity index (χ1n) is 3.55. The number of urea groups is 1. The molecule has 2 amide bonds. The number of nitrogens with one attached hydrogen (secondary N) is 1. The minimum Gasteiger partial charge on any atom is -0.389 e. The van der Waals surface area contributed by atoms with E-state index in [1.165, 1.54) is 0 Å². The third-order valence-corrected chi connectivity index (χ3v) is 1.55. The summed E-state index contributed by atoms with van der Waals surface area (Å²) in [6.07, 6.45) is 1.29. The van der Waals surface area contributed by atoms with E-state index in [0.29, 0.717) is 19.6 Å². The van der Waals surface area contributed by atoms with Gasteiger partial charge in [-0.25, -0.2) is 4.79 Å². The Kier molecular flexibility index (Phi) is 2.48.